The van der Waals surface area contributed by atoms with Gasteiger partial charge in [0.05, 0.1) is 23.7 Å². The molecule has 1 aromatic carbocycles. The molecule has 0 saturated carbocycles. The van der Waals surface area contributed by atoms with Gasteiger partial charge >= 0.3 is 0 Å². The topological polar surface area (TPSA) is 122 Å². The fraction of sp³-hybridized carbons (Fsp3) is 0.235. The normalized spacial score (nSPS) is 11.2. The molecule has 0 spiro atoms. The van der Waals surface area contributed by atoms with Gasteiger partial charge in [-0.25, -0.2) is 8.42 Å². The van der Waals surface area contributed by atoms with Crippen LogP contribution < -0.4 is 14.8 Å². The third-order valence-corrected chi connectivity index (χ3v) is 5.30. The lowest BCUT2D eigenvalue weighted by molar-refractivity contribution is 0.342. The Balaban J connectivity index is 1.76. The number of rotatable bonds is 7. The molecular formula is C17H20N6O3S. The van der Waals surface area contributed by atoms with Crippen molar-refractivity contribution in [1.29, 1.82) is 0 Å². The molecule has 2 aromatic heterocycles. The van der Waals surface area contributed by atoms with Crippen molar-refractivity contribution in [2.24, 2.45) is 0 Å². The summed E-state index contributed by atoms with van der Waals surface area (Å²) in [5, 5.41) is 17.6. The molecule has 0 unspecified atom stereocenters. The first-order valence-electron chi connectivity index (χ1n) is 8.27. The van der Waals surface area contributed by atoms with Crippen molar-refractivity contribution >= 4 is 27.3 Å². The smallest absolute Gasteiger partial charge is 0.266 e. The van der Waals surface area contributed by atoms with Crippen LogP contribution in [0.5, 0.6) is 5.75 Å². The van der Waals surface area contributed by atoms with Gasteiger partial charge in [0.1, 0.15) is 10.6 Å². The predicted octanol–water partition coefficient (Wildman–Crippen LogP) is 2.76. The summed E-state index contributed by atoms with van der Waals surface area (Å²) in [5.41, 5.74) is 1.59. The summed E-state index contributed by atoms with van der Waals surface area (Å²) in [7, 11) is -3.80. The van der Waals surface area contributed by atoms with Crippen LogP contribution in [0.2, 0.25) is 0 Å². The number of nitrogens with one attached hydrogen (secondary N) is 3. The molecule has 0 radical (unpaired) electrons. The highest BCUT2D eigenvalue weighted by Gasteiger charge is 2.22. The number of para-hydroxylation sites is 2. The second-order valence-electron chi connectivity index (χ2n) is 5.73. The van der Waals surface area contributed by atoms with Gasteiger partial charge in [0.2, 0.25) is 0 Å². The number of benzene rings is 1. The molecule has 0 aliphatic rings. The van der Waals surface area contributed by atoms with E-state index in [1.54, 1.807) is 19.9 Å². The van der Waals surface area contributed by atoms with Gasteiger partial charge in [-0.3, -0.25) is 9.82 Å². The lowest BCUT2D eigenvalue weighted by Crippen LogP contribution is -2.16. The van der Waals surface area contributed by atoms with Crippen molar-refractivity contribution in [3.63, 3.8) is 0 Å². The van der Waals surface area contributed by atoms with Crippen molar-refractivity contribution in [1.82, 2.24) is 20.4 Å². The standard InChI is InChI=1S/C17H20N6O3S/c1-4-26-14-8-6-5-7-13(14)18-15-9-10-16(22-21-15)23-27(24,25)17-11(2)19-20-12(17)3/h5-10H,4H2,1-3H3,(H,18,21)(H,19,20)(H,22,23). The minimum atomic E-state index is -3.80. The third kappa shape index (κ3) is 4.17. The Kier molecular flexibility index (Phi) is 5.26. The van der Waals surface area contributed by atoms with Crippen molar-refractivity contribution in [3.05, 3.63) is 47.8 Å². The van der Waals surface area contributed by atoms with E-state index in [1.165, 1.54) is 6.07 Å². The lowest BCUT2D eigenvalue weighted by Gasteiger charge is -2.11. The Morgan fingerprint density at radius 2 is 1.78 bits per heavy atom. The Bertz CT molecular complexity index is 1010. The molecule has 3 rings (SSSR count). The van der Waals surface area contributed by atoms with Gasteiger partial charge in [-0.1, -0.05) is 12.1 Å². The second kappa shape index (κ2) is 7.62. The Hall–Kier alpha value is -3.14. The number of sulfonamides is 1. The number of ether oxygens (including phenoxy) is 1. The molecule has 3 aromatic rings. The van der Waals surface area contributed by atoms with Crippen LogP contribution in [-0.4, -0.2) is 35.4 Å². The first-order chi connectivity index (χ1) is 12.9. The van der Waals surface area contributed by atoms with Crippen LogP contribution in [0.3, 0.4) is 0 Å². The van der Waals surface area contributed by atoms with Gasteiger partial charge in [0.15, 0.2) is 11.6 Å². The number of aromatic nitrogens is 4. The van der Waals surface area contributed by atoms with E-state index in [2.05, 4.69) is 30.4 Å². The maximum Gasteiger partial charge on any atom is 0.266 e. The van der Waals surface area contributed by atoms with Gasteiger partial charge in [-0.2, -0.15) is 5.10 Å². The molecule has 0 aliphatic heterocycles. The van der Waals surface area contributed by atoms with E-state index < -0.39 is 10.0 Å². The van der Waals surface area contributed by atoms with E-state index in [0.717, 1.165) is 5.69 Å². The number of hydrogen-bond donors (Lipinski definition) is 3. The minimum absolute atomic E-state index is 0.108. The largest absolute Gasteiger partial charge is 0.492 e. The molecule has 0 atom stereocenters. The third-order valence-electron chi connectivity index (χ3n) is 3.68. The molecule has 27 heavy (non-hydrogen) atoms. The maximum absolute atomic E-state index is 12.5. The SMILES string of the molecule is CCOc1ccccc1Nc1ccc(NS(=O)(=O)c2c(C)n[nH]c2C)nn1. The molecule has 142 valence electrons. The molecule has 0 saturated heterocycles. The molecule has 2 heterocycles. The number of hydrogen-bond acceptors (Lipinski definition) is 7. The fourth-order valence-electron chi connectivity index (χ4n) is 2.57. The van der Waals surface area contributed by atoms with Crippen LogP contribution in [0.1, 0.15) is 18.3 Å². The number of aryl methyl sites for hydroxylation is 2. The molecule has 0 amide bonds. The van der Waals surface area contributed by atoms with Gasteiger partial charge in [-0.05, 0) is 45.0 Å². The predicted molar refractivity (Wildman–Crippen MR) is 102 cm³/mol. The van der Waals surface area contributed by atoms with Crippen molar-refractivity contribution < 1.29 is 13.2 Å². The summed E-state index contributed by atoms with van der Waals surface area (Å²) >= 11 is 0. The number of aromatic amines is 1. The summed E-state index contributed by atoms with van der Waals surface area (Å²) in [6, 6.07) is 10.6. The monoisotopic (exact) mass is 388 g/mol. The van der Waals surface area contributed by atoms with E-state index in [9.17, 15) is 8.42 Å². The zero-order valence-electron chi connectivity index (χ0n) is 15.1. The lowest BCUT2D eigenvalue weighted by atomic mass is 10.3. The minimum Gasteiger partial charge on any atom is -0.492 e. The highest BCUT2D eigenvalue weighted by atomic mass is 32.2. The van der Waals surface area contributed by atoms with Crippen LogP contribution in [0.25, 0.3) is 0 Å². The molecule has 0 fully saturated rings. The van der Waals surface area contributed by atoms with Crippen LogP contribution in [0.4, 0.5) is 17.3 Å². The van der Waals surface area contributed by atoms with Crippen LogP contribution in [0, 0.1) is 13.8 Å². The second-order valence-corrected chi connectivity index (χ2v) is 7.35. The summed E-state index contributed by atoms with van der Waals surface area (Å²) in [6.45, 7) is 5.70. The van der Waals surface area contributed by atoms with Gasteiger partial charge in [0, 0.05) is 0 Å². The average Bonchev–Trinajstić information content (AvgIpc) is 2.97. The zero-order chi connectivity index (χ0) is 19.4. The summed E-state index contributed by atoms with van der Waals surface area (Å²) < 4.78 is 33.0. The van der Waals surface area contributed by atoms with Crippen LogP contribution >= 0.6 is 0 Å². The number of H-pyrrole nitrogens is 1. The molecule has 0 aliphatic carbocycles. The Labute approximate surface area is 157 Å². The number of nitrogens with zero attached hydrogens (tertiary/aromatic N) is 3. The van der Waals surface area contributed by atoms with Crippen LogP contribution in [-0.2, 0) is 10.0 Å². The van der Waals surface area contributed by atoms with E-state index >= 15 is 0 Å². The average molecular weight is 388 g/mol. The summed E-state index contributed by atoms with van der Waals surface area (Å²) in [5.74, 6) is 1.26. The van der Waals surface area contributed by atoms with E-state index in [0.29, 0.717) is 29.6 Å². The van der Waals surface area contributed by atoms with E-state index in [4.69, 9.17) is 4.74 Å². The van der Waals surface area contributed by atoms with Gasteiger partial charge in [-0.15, -0.1) is 10.2 Å². The van der Waals surface area contributed by atoms with Gasteiger partial charge < -0.3 is 10.1 Å². The maximum atomic E-state index is 12.5. The first kappa shape index (κ1) is 18.6. The molecule has 9 nitrogen and oxygen atoms in total. The van der Waals surface area contributed by atoms with Crippen molar-refractivity contribution in [3.8, 4) is 5.75 Å². The number of anilines is 3. The van der Waals surface area contributed by atoms with Crippen LogP contribution in [0.15, 0.2) is 41.3 Å². The quantitative estimate of drug-likeness (QED) is 0.569. The summed E-state index contributed by atoms with van der Waals surface area (Å²) in [6.07, 6.45) is 0. The van der Waals surface area contributed by atoms with E-state index in [-0.39, 0.29) is 10.7 Å². The molecule has 0 bridgehead atoms. The molecule has 3 N–H and O–H groups in total. The van der Waals surface area contributed by atoms with Crippen molar-refractivity contribution in [2.75, 3.05) is 16.6 Å². The molecule has 10 heteroatoms. The highest BCUT2D eigenvalue weighted by molar-refractivity contribution is 7.92. The van der Waals surface area contributed by atoms with Gasteiger partial charge in [0.25, 0.3) is 10.0 Å². The fourth-order valence-corrected chi connectivity index (χ4v) is 3.94. The van der Waals surface area contributed by atoms with E-state index in [1.807, 2.05) is 31.2 Å². The first-order valence-corrected chi connectivity index (χ1v) is 9.76. The van der Waals surface area contributed by atoms with Crippen molar-refractivity contribution in [2.45, 2.75) is 25.7 Å². The molecular weight excluding hydrogens is 368 g/mol. The Morgan fingerprint density at radius 1 is 1.07 bits per heavy atom. The highest BCUT2D eigenvalue weighted by Crippen LogP contribution is 2.27. The Morgan fingerprint density at radius 3 is 2.41 bits per heavy atom. The zero-order valence-corrected chi connectivity index (χ0v) is 16.0. The summed E-state index contributed by atoms with van der Waals surface area (Å²) in [4.78, 5) is 0.108.